The number of imidazole rings is 1. The molecule has 316 valence electrons. The molecule has 5 heterocycles. The number of ether oxygens (including phenoxy) is 3. The first kappa shape index (κ1) is 44.7. The molecule has 0 saturated carbocycles. The Balaban J connectivity index is 1.37. The lowest BCUT2D eigenvalue weighted by Gasteiger charge is -2.50. The van der Waals surface area contributed by atoms with Crippen molar-refractivity contribution in [1.29, 1.82) is 0 Å². The first-order valence-electron chi connectivity index (χ1n) is 19.3. The molecule has 0 aromatic carbocycles. The molecule has 3 aliphatic heterocycles. The molecule has 18 heteroatoms. The van der Waals surface area contributed by atoms with Gasteiger partial charge < -0.3 is 33.8 Å². The van der Waals surface area contributed by atoms with Crippen molar-refractivity contribution in [1.82, 2.24) is 29.4 Å². The zero-order valence-electron chi connectivity index (χ0n) is 34.6. The van der Waals surface area contributed by atoms with E-state index in [1.54, 1.807) is 23.0 Å². The van der Waals surface area contributed by atoms with Gasteiger partial charge in [0.1, 0.15) is 42.2 Å². The van der Waals surface area contributed by atoms with Crippen LogP contribution in [0.15, 0.2) is 60.1 Å². The number of likely N-dealkylation sites (tertiary alicyclic amines) is 1. The maximum absolute atomic E-state index is 14.3. The molecular formula is C40H56N6O9S2Si. The largest absolute Gasteiger partial charge is 0.457 e. The normalized spacial score (nSPS) is 22.3. The van der Waals surface area contributed by atoms with Crippen LogP contribution in [0.2, 0.25) is 18.1 Å². The molecule has 15 nitrogen and oxygen atoms in total. The number of thioether (sulfide) groups is 1. The van der Waals surface area contributed by atoms with E-state index in [1.165, 1.54) is 46.2 Å². The fourth-order valence-electron chi connectivity index (χ4n) is 7.37. The first-order chi connectivity index (χ1) is 27.4. The number of β-lactam (4-membered cyclic amide) rings is 1. The SMILES string of the molecule is C=CCOC(=O)NCc1ncc2scc(CN(C)C(=O)[C@@H]3C[C@H](SC4=C(C(=O)OCC=C)N5C(=O)[C@H]([C@@H](C)O[Si](C)(C)C(C)(C)C)[C@H]5[C@H]4C)CN3C(=O)OCC=C)n12. The zero-order valence-corrected chi connectivity index (χ0v) is 37.3. The molecule has 3 aliphatic rings. The predicted octanol–water partition coefficient (Wildman–Crippen LogP) is 6.09. The van der Waals surface area contributed by atoms with Crippen molar-refractivity contribution in [3.63, 3.8) is 0 Å². The Hall–Kier alpha value is -4.39. The van der Waals surface area contributed by atoms with Gasteiger partial charge in [0.25, 0.3) is 0 Å². The molecular weight excluding hydrogens is 801 g/mol. The van der Waals surface area contributed by atoms with Crippen LogP contribution in [0.5, 0.6) is 0 Å². The average molecular weight is 857 g/mol. The van der Waals surface area contributed by atoms with Gasteiger partial charge in [0.2, 0.25) is 11.8 Å². The summed E-state index contributed by atoms with van der Waals surface area (Å²) in [7, 11) is -0.557. The minimum Gasteiger partial charge on any atom is -0.457 e. The van der Waals surface area contributed by atoms with Crippen LogP contribution in [0, 0.1) is 11.8 Å². The molecule has 2 fully saturated rings. The van der Waals surface area contributed by atoms with Crippen LogP contribution in [0.1, 0.15) is 52.6 Å². The van der Waals surface area contributed by atoms with Crippen molar-refractivity contribution in [3.05, 3.63) is 71.7 Å². The third kappa shape index (κ3) is 9.09. The lowest BCUT2D eigenvalue weighted by atomic mass is 9.79. The van der Waals surface area contributed by atoms with Gasteiger partial charge in [-0.15, -0.1) is 23.1 Å². The number of alkyl carbamates (subject to hydrolysis) is 1. The number of nitrogens with one attached hydrogen (secondary N) is 1. The topological polar surface area (TPSA) is 161 Å². The number of carbonyl (C=O) groups excluding carboxylic acids is 5. The number of nitrogens with zero attached hydrogens (tertiary/aromatic N) is 5. The van der Waals surface area contributed by atoms with Crippen molar-refractivity contribution in [2.75, 3.05) is 33.4 Å². The number of carbonyl (C=O) groups is 5. The van der Waals surface area contributed by atoms with Crippen LogP contribution in [0.3, 0.4) is 0 Å². The molecule has 6 atom stereocenters. The van der Waals surface area contributed by atoms with E-state index >= 15 is 0 Å². The number of thiazole rings is 1. The highest BCUT2D eigenvalue weighted by molar-refractivity contribution is 8.03. The summed E-state index contributed by atoms with van der Waals surface area (Å²) in [4.78, 5) is 78.0. The van der Waals surface area contributed by atoms with E-state index in [4.69, 9.17) is 18.6 Å². The Morgan fingerprint density at radius 3 is 2.41 bits per heavy atom. The van der Waals surface area contributed by atoms with Crippen LogP contribution in [0.4, 0.5) is 9.59 Å². The molecule has 0 spiro atoms. The predicted molar refractivity (Wildman–Crippen MR) is 225 cm³/mol. The second-order valence-electron chi connectivity index (χ2n) is 16.2. The Labute approximate surface area is 349 Å². The van der Waals surface area contributed by atoms with E-state index in [2.05, 4.69) is 63.9 Å². The molecule has 2 saturated heterocycles. The highest BCUT2D eigenvalue weighted by atomic mass is 32.2. The second kappa shape index (κ2) is 18.3. The Morgan fingerprint density at radius 1 is 1.10 bits per heavy atom. The van der Waals surface area contributed by atoms with E-state index in [0.717, 1.165) is 10.5 Å². The summed E-state index contributed by atoms with van der Waals surface area (Å²) in [5, 5.41) is 4.21. The van der Waals surface area contributed by atoms with Crippen molar-refractivity contribution in [3.8, 4) is 0 Å². The zero-order chi connectivity index (χ0) is 42.7. The van der Waals surface area contributed by atoms with E-state index in [1.807, 2.05) is 23.6 Å². The number of fused-ring (bicyclic) bond motifs is 2. The van der Waals surface area contributed by atoms with Crippen LogP contribution in [-0.2, 0) is 46.1 Å². The Bertz CT molecular complexity index is 1970. The van der Waals surface area contributed by atoms with Crippen molar-refractivity contribution in [2.45, 2.75) is 95.7 Å². The fraction of sp³-hybridized carbons (Fsp3) is 0.550. The monoisotopic (exact) mass is 856 g/mol. The molecule has 2 aromatic rings. The second-order valence-corrected chi connectivity index (χ2v) is 23.2. The minimum atomic E-state index is -2.22. The number of aromatic nitrogens is 2. The first-order valence-corrected chi connectivity index (χ1v) is 24.0. The van der Waals surface area contributed by atoms with Crippen molar-refractivity contribution >= 4 is 66.2 Å². The van der Waals surface area contributed by atoms with E-state index < -0.39 is 38.4 Å². The number of likely N-dealkylation sites (N-methyl/N-ethyl adjacent to an activating group) is 1. The lowest BCUT2D eigenvalue weighted by Crippen LogP contribution is -2.65. The van der Waals surface area contributed by atoms with Gasteiger partial charge >= 0.3 is 18.2 Å². The Morgan fingerprint density at radius 2 is 1.76 bits per heavy atom. The summed E-state index contributed by atoms with van der Waals surface area (Å²) < 4.78 is 24.6. The molecule has 58 heavy (non-hydrogen) atoms. The third-order valence-corrected chi connectivity index (χ3v) is 18.2. The third-order valence-electron chi connectivity index (χ3n) is 11.2. The summed E-state index contributed by atoms with van der Waals surface area (Å²) in [6.45, 7) is 26.0. The van der Waals surface area contributed by atoms with Gasteiger partial charge in [0.05, 0.1) is 43.0 Å². The Kier molecular flexibility index (Phi) is 14.1. The van der Waals surface area contributed by atoms with Crippen molar-refractivity contribution in [2.24, 2.45) is 11.8 Å². The minimum absolute atomic E-state index is 0.0271. The number of hydrogen-bond donors (Lipinski definition) is 1. The summed E-state index contributed by atoms with van der Waals surface area (Å²) in [5.41, 5.74) is 0.955. The maximum Gasteiger partial charge on any atom is 0.410 e. The number of esters is 1. The van der Waals surface area contributed by atoms with Gasteiger partial charge in [0, 0.05) is 35.0 Å². The molecule has 1 N–H and O–H groups in total. The van der Waals surface area contributed by atoms with Crippen LogP contribution in [-0.4, -0.2) is 119 Å². The molecule has 0 unspecified atom stereocenters. The quantitative estimate of drug-likeness (QED) is 0.0645. The molecule has 0 aliphatic carbocycles. The van der Waals surface area contributed by atoms with Crippen molar-refractivity contribution < 1.29 is 42.6 Å². The summed E-state index contributed by atoms with van der Waals surface area (Å²) in [5.74, 6) is -1.26. The molecule has 4 amide bonds. The molecule has 5 rings (SSSR count). The van der Waals surface area contributed by atoms with Gasteiger partial charge in [-0.25, -0.2) is 19.4 Å². The fourth-order valence-corrected chi connectivity index (χ4v) is 11.2. The summed E-state index contributed by atoms with van der Waals surface area (Å²) >= 11 is 2.85. The van der Waals surface area contributed by atoms with E-state index in [-0.39, 0.29) is 91.7 Å². The number of amides is 4. The highest BCUT2D eigenvalue weighted by Crippen LogP contribution is 2.53. The average Bonchev–Trinajstić information content (AvgIpc) is 3.93. The van der Waals surface area contributed by atoms with Gasteiger partial charge in [0.15, 0.2) is 8.32 Å². The van der Waals surface area contributed by atoms with Crippen LogP contribution in [0.25, 0.3) is 4.83 Å². The van der Waals surface area contributed by atoms with Crippen LogP contribution < -0.4 is 5.32 Å². The van der Waals surface area contributed by atoms with Gasteiger partial charge in [-0.2, -0.15) is 0 Å². The standard InChI is InChI=1S/C40H56N6O9S2Si/c1-12-15-52-37(49)33-34(24(4)32-31(36(48)46(32)33)25(5)55-58(10,11)40(6,7)8)57-27-18-28(44(22-27)39(51)54-17-14-3)35(47)43(9)21-26-23-56-30-20-41-29(45(26)30)19-42-38(50)53-16-13-2/h12-14,20,23-25,27-28,31-32H,1-3,15-19,21-22H2,4-11H3,(H,42,50)/t24-,25-,27+,28+,31-,32-/m1/s1. The molecule has 0 bridgehead atoms. The van der Waals surface area contributed by atoms with Gasteiger partial charge in [-0.1, -0.05) is 65.7 Å². The van der Waals surface area contributed by atoms with Gasteiger partial charge in [-0.3, -0.25) is 18.9 Å². The molecule has 2 aromatic heterocycles. The lowest BCUT2D eigenvalue weighted by molar-refractivity contribution is -0.163. The smallest absolute Gasteiger partial charge is 0.410 e. The maximum atomic E-state index is 14.3. The molecule has 0 radical (unpaired) electrons. The van der Waals surface area contributed by atoms with E-state index in [9.17, 15) is 24.0 Å². The number of rotatable bonds is 17. The number of hydrogen-bond acceptors (Lipinski definition) is 12. The van der Waals surface area contributed by atoms with E-state index in [0.29, 0.717) is 10.7 Å². The summed E-state index contributed by atoms with van der Waals surface area (Å²) in [6, 6.07) is -1.20. The highest BCUT2D eigenvalue weighted by Gasteiger charge is 2.62. The van der Waals surface area contributed by atoms with Gasteiger partial charge in [-0.05, 0) is 31.5 Å². The summed E-state index contributed by atoms with van der Waals surface area (Å²) in [6.07, 6.45) is 4.73. The van der Waals surface area contributed by atoms with Crippen LogP contribution >= 0.6 is 23.1 Å².